The number of hydrogen-bond acceptors (Lipinski definition) is 5. The maximum Gasteiger partial charge on any atom is 0.327 e. The molecule has 22 heavy (non-hydrogen) atoms. The lowest BCUT2D eigenvalue weighted by Crippen LogP contribution is -2.63. The van der Waals surface area contributed by atoms with Crippen LogP contribution < -0.4 is 0 Å². The molecule has 3 fully saturated rings. The monoisotopic (exact) mass is 326 g/mol. The lowest BCUT2D eigenvalue weighted by atomic mass is 9.90. The average molecular weight is 326 g/mol. The molecule has 122 valence electrons. The van der Waals surface area contributed by atoms with Crippen molar-refractivity contribution < 1.29 is 19.5 Å². The van der Waals surface area contributed by atoms with Gasteiger partial charge in [-0.1, -0.05) is 24.4 Å². The minimum absolute atomic E-state index is 0.282. The molecule has 6 nitrogen and oxygen atoms in total. The summed E-state index contributed by atoms with van der Waals surface area (Å²) >= 11 is 1.47. The van der Waals surface area contributed by atoms with E-state index in [9.17, 15) is 14.7 Å². The van der Waals surface area contributed by atoms with Gasteiger partial charge in [-0.15, -0.1) is 11.8 Å². The van der Waals surface area contributed by atoms with E-state index in [-0.39, 0.29) is 11.3 Å². The van der Waals surface area contributed by atoms with Gasteiger partial charge >= 0.3 is 5.97 Å². The highest BCUT2D eigenvalue weighted by Crippen LogP contribution is 2.49. The lowest BCUT2D eigenvalue weighted by Gasteiger charge is -2.37. The molecule has 3 aliphatic rings. The summed E-state index contributed by atoms with van der Waals surface area (Å²) in [4.78, 5) is 30.4. The Bertz CT molecular complexity index is 514. The van der Waals surface area contributed by atoms with Crippen molar-refractivity contribution in [3.05, 3.63) is 0 Å². The first kappa shape index (κ1) is 15.6. The summed E-state index contributed by atoms with van der Waals surface area (Å²) in [6, 6.07) is -0.799. The zero-order chi connectivity index (χ0) is 15.9. The van der Waals surface area contributed by atoms with Crippen LogP contribution in [0.1, 0.15) is 46.0 Å². The van der Waals surface area contributed by atoms with Crippen LogP contribution in [0, 0.1) is 5.92 Å². The minimum atomic E-state index is -0.962. The van der Waals surface area contributed by atoms with Crippen LogP contribution in [0.25, 0.3) is 0 Å². The van der Waals surface area contributed by atoms with Crippen molar-refractivity contribution in [2.45, 2.75) is 62.1 Å². The molecule has 2 heterocycles. The highest BCUT2D eigenvalue weighted by molar-refractivity contribution is 8.02. The van der Waals surface area contributed by atoms with E-state index in [1.807, 2.05) is 13.8 Å². The molecule has 1 N–H and O–H groups in total. The molecule has 0 spiro atoms. The number of nitrogens with zero attached hydrogens (tertiary/aromatic N) is 2. The molecule has 0 radical (unpaired) electrons. The summed E-state index contributed by atoms with van der Waals surface area (Å²) < 4.78 is -0.521. The van der Waals surface area contributed by atoms with Gasteiger partial charge in [-0.05, 0) is 32.6 Å². The van der Waals surface area contributed by atoms with E-state index in [1.165, 1.54) is 35.9 Å². The third kappa shape index (κ3) is 2.59. The van der Waals surface area contributed by atoms with Crippen LogP contribution in [0.15, 0.2) is 5.16 Å². The van der Waals surface area contributed by atoms with Gasteiger partial charge in [0.25, 0.3) is 5.91 Å². The van der Waals surface area contributed by atoms with Gasteiger partial charge in [-0.25, -0.2) is 4.79 Å². The van der Waals surface area contributed by atoms with Gasteiger partial charge < -0.3 is 14.8 Å². The number of carboxylic acids is 1. The highest BCUT2D eigenvalue weighted by atomic mass is 32.2. The van der Waals surface area contributed by atoms with E-state index in [0.29, 0.717) is 18.2 Å². The summed E-state index contributed by atoms with van der Waals surface area (Å²) in [5.74, 6) is -0.738. The Morgan fingerprint density at radius 2 is 2.09 bits per heavy atom. The number of fused-ring (bicyclic) bond motifs is 1. The molecule has 3 rings (SSSR count). The largest absolute Gasteiger partial charge is 0.480 e. The third-order valence-electron chi connectivity index (χ3n) is 4.72. The summed E-state index contributed by atoms with van der Waals surface area (Å²) in [7, 11) is 0. The first-order chi connectivity index (χ1) is 10.4. The Kier molecular flexibility index (Phi) is 4.09. The molecule has 1 aliphatic carbocycles. The van der Waals surface area contributed by atoms with Gasteiger partial charge in [0, 0.05) is 4.75 Å². The van der Waals surface area contributed by atoms with E-state index >= 15 is 0 Å². The second kappa shape index (κ2) is 5.76. The molecule has 1 saturated carbocycles. The zero-order valence-electron chi connectivity index (χ0n) is 12.9. The fourth-order valence-corrected chi connectivity index (χ4v) is 5.03. The number of carbonyl (C=O) groups excluding carboxylic acids is 1. The van der Waals surface area contributed by atoms with Crippen LogP contribution in [0.4, 0.5) is 0 Å². The maximum absolute atomic E-state index is 12.2. The molecule has 0 aromatic rings. The molecule has 2 aliphatic heterocycles. The Hall–Kier alpha value is -1.24. The molecule has 0 aromatic carbocycles. The Morgan fingerprint density at radius 1 is 1.41 bits per heavy atom. The van der Waals surface area contributed by atoms with Gasteiger partial charge in [0.1, 0.15) is 18.0 Å². The van der Waals surface area contributed by atoms with Crippen LogP contribution in [-0.4, -0.2) is 50.4 Å². The molecule has 0 unspecified atom stereocenters. The fraction of sp³-hybridized carbons (Fsp3) is 0.800. The summed E-state index contributed by atoms with van der Waals surface area (Å²) in [6.07, 6.45) is 6.10. The van der Waals surface area contributed by atoms with Crippen LogP contribution in [0.2, 0.25) is 0 Å². The van der Waals surface area contributed by atoms with Crippen LogP contribution in [-0.2, 0) is 14.4 Å². The van der Waals surface area contributed by atoms with E-state index in [0.717, 1.165) is 12.8 Å². The number of thioether (sulfide) groups is 1. The third-order valence-corrected chi connectivity index (χ3v) is 6.23. The van der Waals surface area contributed by atoms with Gasteiger partial charge in [0.05, 0.1) is 0 Å². The molecule has 2 atom stereocenters. The SMILES string of the molecule is CC1(C)S[C@@H]2/C(=N/OCC3CCCCC3)C(=O)N2[C@H]1C(=O)O. The molecule has 2 saturated heterocycles. The van der Waals surface area contributed by atoms with Gasteiger partial charge in [0.15, 0.2) is 5.71 Å². The van der Waals surface area contributed by atoms with Crippen molar-refractivity contribution in [2.24, 2.45) is 11.1 Å². The summed E-state index contributed by atoms with van der Waals surface area (Å²) in [6.45, 7) is 4.25. The molecule has 0 bridgehead atoms. The van der Waals surface area contributed by atoms with Crippen molar-refractivity contribution in [3.63, 3.8) is 0 Å². The number of aliphatic carboxylic acids is 1. The highest BCUT2D eigenvalue weighted by Gasteiger charge is 2.62. The average Bonchev–Trinajstić information content (AvgIpc) is 2.73. The second-order valence-corrected chi connectivity index (χ2v) is 8.54. The van der Waals surface area contributed by atoms with E-state index in [1.54, 1.807) is 0 Å². The first-order valence-electron chi connectivity index (χ1n) is 7.85. The number of carboxylic acid groups (broad SMARTS) is 1. The number of hydrogen-bond donors (Lipinski definition) is 1. The standard InChI is InChI=1S/C15H22N2O4S/c1-15(2)11(14(19)20)17-12(18)10(13(17)22-15)16-21-8-9-6-4-3-5-7-9/h9,11,13H,3-8H2,1-2H3,(H,19,20)/b16-10+/t11-,13+/m0/s1. The fourth-order valence-electron chi connectivity index (χ4n) is 3.53. The van der Waals surface area contributed by atoms with Crippen LogP contribution >= 0.6 is 11.8 Å². The number of rotatable bonds is 4. The topological polar surface area (TPSA) is 79.2 Å². The van der Waals surface area contributed by atoms with Crippen molar-refractivity contribution in [1.29, 1.82) is 0 Å². The predicted molar refractivity (Wildman–Crippen MR) is 83.7 cm³/mol. The maximum atomic E-state index is 12.2. The number of amides is 1. The minimum Gasteiger partial charge on any atom is -0.480 e. The van der Waals surface area contributed by atoms with Crippen molar-refractivity contribution in [1.82, 2.24) is 4.90 Å². The molecule has 1 amide bonds. The summed E-state index contributed by atoms with van der Waals surface area (Å²) in [5, 5.41) is 13.1. The molecular weight excluding hydrogens is 304 g/mol. The Morgan fingerprint density at radius 3 is 2.73 bits per heavy atom. The van der Waals surface area contributed by atoms with E-state index < -0.39 is 16.8 Å². The van der Waals surface area contributed by atoms with Crippen LogP contribution in [0.3, 0.4) is 0 Å². The smallest absolute Gasteiger partial charge is 0.327 e. The van der Waals surface area contributed by atoms with Gasteiger partial charge in [-0.3, -0.25) is 4.79 Å². The number of β-lactam (4-membered cyclic amide) rings is 1. The molecule has 0 aromatic heterocycles. The van der Waals surface area contributed by atoms with Crippen molar-refractivity contribution >= 4 is 29.4 Å². The van der Waals surface area contributed by atoms with Gasteiger partial charge in [0.2, 0.25) is 0 Å². The Labute approximate surface area is 134 Å². The lowest BCUT2D eigenvalue weighted by molar-refractivity contribution is -0.150. The molecular formula is C15H22N2O4S. The normalized spacial score (nSPS) is 32.7. The molecule has 7 heteroatoms. The quantitative estimate of drug-likeness (QED) is 0.632. The van der Waals surface area contributed by atoms with Crippen molar-refractivity contribution in [2.75, 3.05) is 6.61 Å². The number of carbonyl (C=O) groups is 2. The van der Waals surface area contributed by atoms with Gasteiger partial charge in [-0.2, -0.15) is 0 Å². The van der Waals surface area contributed by atoms with E-state index in [2.05, 4.69) is 5.16 Å². The summed E-state index contributed by atoms with van der Waals surface area (Å²) in [5.41, 5.74) is 0.359. The Balaban J connectivity index is 1.62. The number of oxime groups is 1. The first-order valence-corrected chi connectivity index (χ1v) is 8.73. The van der Waals surface area contributed by atoms with Crippen molar-refractivity contribution in [3.8, 4) is 0 Å². The van der Waals surface area contributed by atoms with E-state index in [4.69, 9.17) is 4.84 Å². The second-order valence-electron chi connectivity index (χ2n) is 6.80. The predicted octanol–water partition coefficient (Wildman–Crippen LogP) is 2.09. The van der Waals surface area contributed by atoms with Crippen LogP contribution in [0.5, 0.6) is 0 Å². The zero-order valence-corrected chi connectivity index (χ0v) is 13.8.